The van der Waals surface area contributed by atoms with Gasteiger partial charge in [-0.25, -0.2) is 0 Å². The Kier molecular flexibility index (Phi) is 7.80. The number of rotatable bonds is 6. The van der Waals surface area contributed by atoms with Gasteiger partial charge in [0.1, 0.15) is 0 Å². The fourth-order valence-electron chi connectivity index (χ4n) is 3.22. The minimum Gasteiger partial charge on any atom is -0.357 e. The highest BCUT2D eigenvalue weighted by Gasteiger charge is 2.31. The van der Waals surface area contributed by atoms with Crippen molar-refractivity contribution < 1.29 is 0 Å². The van der Waals surface area contributed by atoms with Gasteiger partial charge in [-0.15, -0.1) is 24.0 Å². The van der Waals surface area contributed by atoms with Crippen molar-refractivity contribution in [3.63, 3.8) is 0 Å². The Morgan fingerprint density at radius 3 is 2.62 bits per heavy atom. The molecule has 0 atom stereocenters. The molecule has 3 rings (SSSR count). The molecule has 0 unspecified atom stereocenters. The van der Waals surface area contributed by atoms with Crippen molar-refractivity contribution in [2.45, 2.75) is 58.2 Å². The first kappa shape index (κ1) is 19.5. The Balaban J connectivity index is 0.00000208. The molecule has 0 amide bonds. The van der Waals surface area contributed by atoms with Crippen molar-refractivity contribution >= 4 is 29.9 Å². The van der Waals surface area contributed by atoms with Gasteiger partial charge in [-0.05, 0) is 45.1 Å². The lowest BCUT2D eigenvalue weighted by atomic mass is 10.1. The van der Waals surface area contributed by atoms with Gasteiger partial charge in [0.15, 0.2) is 5.96 Å². The zero-order chi connectivity index (χ0) is 16.1. The number of hydrogen-bond donors (Lipinski definition) is 2. The number of hydrogen-bond acceptors (Lipinski definition) is 3. The van der Waals surface area contributed by atoms with Gasteiger partial charge >= 0.3 is 0 Å². The van der Waals surface area contributed by atoms with E-state index in [0.29, 0.717) is 6.04 Å². The van der Waals surface area contributed by atoms with E-state index in [9.17, 15) is 0 Å². The first-order valence-corrected chi connectivity index (χ1v) is 9.02. The number of aryl methyl sites for hydroxylation is 1. The smallest absolute Gasteiger partial charge is 0.191 e. The molecular weight excluding hydrogens is 415 g/mol. The molecule has 1 saturated carbocycles. The molecule has 2 heterocycles. The molecule has 7 heteroatoms. The maximum Gasteiger partial charge on any atom is 0.191 e. The summed E-state index contributed by atoms with van der Waals surface area (Å²) in [5.74, 6) is 0.946. The van der Waals surface area contributed by atoms with Gasteiger partial charge in [0.2, 0.25) is 0 Å². The van der Waals surface area contributed by atoms with Crippen LogP contribution in [0.3, 0.4) is 0 Å². The van der Waals surface area contributed by atoms with E-state index in [1.165, 1.54) is 44.3 Å². The number of likely N-dealkylation sites (tertiary alicyclic amines) is 1. The molecule has 136 valence electrons. The molecule has 1 aromatic heterocycles. The van der Waals surface area contributed by atoms with E-state index >= 15 is 0 Å². The number of piperidine rings is 1. The summed E-state index contributed by atoms with van der Waals surface area (Å²) in [5.41, 5.74) is 1.20. The van der Waals surface area contributed by atoms with Crippen molar-refractivity contribution in [3.8, 4) is 0 Å². The quantitative estimate of drug-likeness (QED) is 0.399. The Morgan fingerprint density at radius 2 is 2.04 bits per heavy atom. The van der Waals surface area contributed by atoms with Crippen LogP contribution in [0.15, 0.2) is 17.4 Å². The number of nitrogens with zero attached hydrogens (tertiary/aromatic N) is 4. The van der Waals surface area contributed by atoms with Crippen LogP contribution in [0.5, 0.6) is 0 Å². The normalized spacial score (nSPS) is 19.8. The number of aromatic nitrogens is 2. The van der Waals surface area contributed by atoms with E-state index in [1.54, 1.807) is 0 Å². The molecule has 2 fully saturated rings. The van der Waals surface area contributed by atoms with Crippen molar-refractivity contribution in [1.29, 1.82) is 0 Å². The lowest BCUT2D eigenvalue weighted by molar-refractivity contribution is 0.197. The first-order chi connectivity index (χ1) is 11.2. The van der Waals surface area contributed by atoms with Gasteiger partial charge in [-0.1, -0.05) is 0 Å². The molecule has 0 radical (unpaired) electrons. The molecule has 24 heavy (non-hydrogen) atoms. The van der Waals surface area contributed by atoms with Crippen molar-refractivity contribution in [2.75, 3.05) is 26.2 Å². The monoisotopic (exact) mass is 446 g/mol. The number of halogens is 1. The molecule has 1 aliphatic heterocycles. The summed E-state index contributed by atoms with van der Waals surface area (Å²) in [6, 6.07) is 1.45. The van der Waals surface area contributed by atoms with Gasteiger partial charge < -0.3 is 15.5 Å². The highest BCUT2D eigenvalue weighted by molar-refractivity contribution is 14.0. The van der Waals surface area contributed by atoms with E-state index in [-0.39, 0.29) is 24.0 Å². The highest BCUT2D eigenvalue weighted by Crippen LogP contribution is 2.29. The van der Waals surface area contributed by atoms with E-state index in [1.807, 2.05) is 10.9 Å². The predicted octanol–water partition coefficient (Wildman–Crippen LogP) is 1.99. The Morgan fingerprint density at radius 1 is 1.29 bits per heavy atom. The van der Waals surface area contributed by atoms with Crippen molar-refractivity contribution in [2.24, 2.45) is 4.99 Å². The number of guanidine groups is 1. The summed E-state index contributed by atoms with van der Waals surface area (Å²) in [5, 5.41) is 11.3. The van der Waals surface area contributed by atoms with Gasteiger partial charge in [0.25, 0.3) is 0 Å². The van der Waals surface area contributed by atoms with Crippen molar-refractivity contribution in [1.82, 2.24) is 25.3 Å². The molecule has 1 aliphatic carbocycles. The zero-order valence-electron chi connectivity index (χ0n) is 14.9. The van der Waals surface area contributed by atoms with Gasteiger partial charge in [-0.2, -0.15) is 5.10 Å². The largest absolute Gasteiger partial charge is 0.357 e. The van der Waals surface area contributed by atoms with Gasteiger partial charge in [-0.3, -0.25) is 9.67 Å². The fourth-order valence-corrected chi connectivity index (χ4v) is 3.22. The van der Waals surface area contributed by atoms with Crippen LogP contribution in [0.4, 0.5) is 0 Å². The SMILES string of the molecule is CCNC(=NCCn1cc(C)cn1)NC1CCN(C2CC2)CC1.I. The van der Waals surface area contributed by atoms with Gasteiger partial charge in [0, 0.05) is 37.9 Å². The zero-order valence-corrected chi connectivity index (χ0v) is 17.2. The minimum absolute atomic E-state index is 0. The average Bonchev–Trinajstić information content (AvgIpc) is 3.31. The van der Waals surface area contributed by atoms with Crippen LogP contribution in [0.2, 0.25) is 0 Å². The third-order valence-corrected chi connectivity index (χ3v) is 4.64. The second kappa shape index (κ2) is 9.60. The summed E-state index contributed by atoms with van der Waals surface area (Å²) in [4.78, 5) is 7.35. The lowest BCUT2D eigenvalue weighted by Crippen LogP contribution is -2.49. The lowest BCUT2D eigenvalue weighted by Gasteiger charge is -2.33. The topological polar surface area (TPSA) is 57.5 Å². The standard InChI is InChI=1S/C17H30N6.HI/c1-3-18-17(19-8-11-23-13-14(2)12-20-23)21-15-6-9-22(10-7-15)16-4-5-16;/h12-13,15-16H,3-11H2,1-2H3,(H2,18,19,21);1H. The molecule has 0 aromatic carbocycles. The first-order valence-electron chi connectivity index (χ1n) is 9.02. The van der Waals surface area contributed by atoms with Crippen LogP contribution in [0.1, 0.15) is 38.2 Å². The summed E-state index contributed by atoms with van der Waals surface area (Å²) in [6.45, 7) is 9.11. The minimum atomic E-state index is 0. The summed E-state index contributed by atoms with van der Waals surface area (Å²) in [6.07, 6.45) is 9.22. The summed E-state index contributed by atoms with van der Waals surface area (Å²) in [7, 11) is 0. The van der Waals surface area contributed by atoms with E-state index in [2.05, 4.69) is 40.7 Å². The third-order valence-electron chi connectivity index (χ3n) is 4.64. The second-order valence-electron chi connectivity index (χ2n) is 6.73. The second-order valence-corrected chi connectivity index (χ2v) is 6.73. The van der Waals surface area contributed by atoms with Crippen LogP contribution < -0.4 is 10.6 Å². The van der Waals surface area contributed by atoms with Crippen LogP contribution in [-0.4, -0.2) is 58.9 Å². The predicted molar refractivity (Wildman–Crippen MR) is 109 cm³/mol. The van der Waals surface area contributed by atoms with Crippen LogP contribution in [-0.2, 0) is 6.54 Å². The number of nitrogens with one attached hydrogen (secondary N) is 2. The molecule has 2 aliphatic rings. The van der Waals surface area contributed by atoms with Crippen LogP contribution in [0, 0.1) is 6.92 Å². The van der Waals surface area contributed by atoms with E-state index < -0.39 is 0 Å². The Labute approximate surface area is 162 Å². The van der Waals surface area contributed by atoms with Crippen molar-refractivity contribution in [3.05, 3.63) is 18.0 Å². The molecule has 0 spiro atoms. The molecule has 1 saturated heterocycles. The summed E-state index contributed by atoms with van der Waals surface area (Å²) >= 11 is 0. The fraction of sp³-hybridized carbons (Fsp3) is 0.765. The van der Waals surface area contributed by atoms with Gasteiger partial charge in [0.05, 0.1) is 19.3 Å². The molecule has 2 N–H and O–H groups in total. The highest BCUT2D eigenvalue weighted by atomic mass is 127. The Hall–Kier alpha value is -0.830. The molecule has 6 nitrogen and oxygen atoms in total. The summed E-state index contributed by atoms with van der Waals surface area (Å²) < 4.78 is 1.95. The van der Waals surface area contributed by atoms with E-state index in [4.69, 9.17) is 4.99 Å². The average molecular weight is 446 g/mol. The van der Waals surface area contributed by atoms with Crippen LogP contribution in [0.25, 0.3) is 0 Å². The number of aliphatic imine (C=N–C) groups is 1. The third kappa shape index (κ3) is 5.91. The maximum absolute atomic E-state index is 4.70. The van der Waals surface area contributed by atoms with E-state index in [0.717, 1.165) is 31.6 Å². The molecular formula is C17H31IN6. The van der Waals surface area contributed by atoms with Crippen LogP contribution >= 0.6 is 24.0 Å². The maximum atomic E-state index is 4.70. The molecule has 1 aromatic rings. The molecule has 0 bridgehead atoms. The Bertz CT molecular complexity index is 517.